The van der Waals surface area contributed by atoms with Gasteiger partial charge in [0.25, 0.3) is 11.1 Å². The Kier molecular flexibility index (Phi) is 5.15. The lowest BCUT2D eigenvalue weighted by atomic mass is 10.2. The van der Waals surface area contributed by atoms with Crippen LogP contribution in [0.4, 0.5) is 5.69 Å². The molecule has 0 radical (unpaired) electrons. The molecule has 0 aliphatic heterocycles. The maximum atomic E-state index is 12.4. The highest BCUT2D eigenvalue weighted by Gasteiger charge is 2.11. The van der Waals surface area contributed by atoms with Gasteiger partial charge in [-0.3, -0.25) is 4.79 Å². The Balaban J connectivity index is 1.71. The predicted octanol–water partition coefficient (Wildman–Crippen LogP) is 4.20. The fraction of sp³-hybridized carbons (Fsp3) is 0.111. The first-order valence-corrected chi connectivity index (χ1v) is 8.28. The van der Waals surface area contributed by atoms with E-state index in [0.717, 1.165) is 0 Å². The lowest BCUT2D eigenvalue weighted by Gasteiger charge is -2.12. The van der Waals surface area contributed by atoms with Gasteiger partial charge >= 0.3 is 0 Å². The van der Waals surface area contributed by atoms with Crippen molar-refractivity contribution in [2.24, 2.45) is 0 Å². The topological polar surface area (TPSA) is 69.7 Å². The summed E-state index contributed by atoms with van der Waals surface area (Å²) in [5.74, 6) is 1.55. The van der Waals surface area contributed by atoms with Gasteiger partial charge in [0.2, 0.25) is 0 Å². The van der Waals surface area contributed by atoms with Crippen LogP contribution < -0.4 is 19.5 Å². The summed E-state index contributed by atoms with van der Waals surface area (Å²) in [6.07, 6.45) is 1.67. The number of hydrogen-bond acceptors (Lipinski definition) is 6. The minimum atomic E-state index is -0.246. The van der Waals surface area contributed by atoms with Gasteiger partial charge in [0.1, 0.15) is 17.2 Å². The summed E-state index contributed by atoms with van der Waals surface area (Å²) in [4.78, 5) is 16.5. The molecular weight excluding hydrogens is 340 g/mol. The SMILES string of the molecule is COc1ccc(NC(=O)c2ccc(Oc3nccs3)cc2)c(OC)c1. The molecule has 0 bridgehead atoms. The number of aromatic nitrogens is 1. The molecule has 0 unspecified atom stereocenters. The van der Waals surface area contributed by atoms with Gasteiger partial charge in [0, 0.05) is 23.2 Å². The van der Waals surface area contributed by atoms with E-state index in [1.807, 2.05) is 5.38 Å². The number of methoxy groups -OCH3 is 2. The second-order valence-corrected chi connectivity index (χ2v) is 5.80. The third-order valence-electron chi connectivity index (χ3n) is 3.39. The maximum absolute atomic E-state index is 12.4. The number of anilines is 1. The predicted molar refractivity (Wildman–Crippen MR) is 96.1 cm³/mol. The van der Waals surface area contributed by atoms with Gasteiger partial charge in [-0.05, 0) is 36.4 Å². The molecule has 0 aliphatic carbocycles. The van der Waals surface area contributed by atoms with Crippen LogP contribution in [0.2, 0.25) is 0 Å². The van der Waals surface area contributed by atoms with E-state index in [1.54, 1.807) is 55.8 Å². The van der Waals surface area contributed by atoms with Gasteiger partial charge in [0.05, 0.1) is 19.9 Å². The van der Waals surface area contributed by atoms with Gasteiger partial charge in [0.15, 0.2) is 0 Å². The van der Waals surface area contributed by atoms with Crippen LogP contribution in [-0.2, 0) is 0 Å². The number of carbonyl (C=O) groups is 1. The van der Waals surface area contributed by atoms with Gasteiger partial charge < -0.3 is 19.5 Å². The van der Waals surface area contributed by atoms with E-state index in [9.17, 15) is 4.79 Å². The van der Waals surface area contributed by atoms with Crippen LogP contribution >= 0.6 is 11.3 Å². The van der Waals surface area contributed by atoms with Crippen molar-refractivity contribution in [1.29, 1.82) is 0 Å². The first-order chi connectivity index (χ1) is 12.2. The number of thiazole rings is 1. The zero-order valence-electron chi connectivity index (χ0n) is 13.7. The average Bonchev–Trinajstić information content (AvgIpc) is 3.15. The fourth-order valence-electron chi connectivity index (χ4n) is 2.13. The molecule has 1 heterocycles. The molecule has 0 saturated heterocycles. The van der Waals surface area contributed by atoms with Gasteiger partial charge in [-0.15, -0.1) is 0 Å². The van der Waals surface area contributed by atoms with E-state index in [0.29, 0.717) is 33.7 Å². The second-order valence-electron chi connectivity index (χ2n) is 4.94. The van der Waals surface area contributed by atoms with E-state index in [1.165, 1.54) is 18.4 Å². The molecule has 0 spiro atoms. The zero-order chi connectivity index (χ0) is 17.6. The molecular formula is C18H16N2O4S. The Morgan fingerprint density at radius 2 is 1.80 bits per heavy atom. The van der Waals surface area contributed by atoms with Crippen LogP contribution in [0.5, 0.6) is 22.4 Å². The Bertz CT molecular complexity index is 848. The third kappa shape index (κ3) is 4.07. The minimum absolute atomic E-state index is 0.246. The average molecular weight is 356 g/mol. The van der Waals surface area contributed by atoms with Gasteiger partial charge in [-0.2, -0.15) is 0 Å². The molecule has 7 heteroatoms. The number of ether oxygens (including phenoxy) is 3. The van der Waals surface area contributed by atoms with Gasteiger partial charge in [-0.25, -0.2) is 4.98 Å². The molecule has 1 N–H and O–H groups in total. The zero-order valence-corrected chi connectivity index (χ0v) is 14.5. The molecule has 1 amide bonds. The molecule has 25 heavy (non-hydrogen) atoms. The summed E-state index contributed by atoms with van der Waals surface area (Å²) in [6.45, 7) is 0. The summed E-state index contributed by atoms with van der Waals surface area (Å²) in [5, 5.41) is 5.21. The van der Waals surface area contributed by atoms with Crippen molar-refractivity contribution < 1.29 is 19.0 Å². The standard InChI is InChI=1S/C18H16N2O4S/c1-22-14-7-8-15(16(11-14)23-2)20-17(21)12-3-5-13(6-4-12)24-18-19-9-10-25-18/h3-11H,1-2H3,(H,20,21). The van der Waals surface area contributed by atoms with Crippen LogP contribution in [-0.4, -0.2) is 25.1 Å². The normalized spacial score (nSPS) is 10.2. The number of benzene rings is 2. The Morgan fingerprint density at radius 1 is 1.04 bits per heavy atom. The smallest absolute Gasteiger partial charge is 0.278 e. The number of nitrogens with zero attached hydrogens (tertiary/aromatic N) is 1. The van der Waals surface area contributed by atoms with Crippen LogP contribution in [0.3, 0.4) is 0 Å². The second kappa shape index (κ2) is 7.67. The Hall–Kier alpha value is -3.06. The Morgan fingerprint density at radius 3 is 2.44 bits per heavy atom. The molecule has 0 aliphatic rings. The van der Waals surface area contributed by atoms with Crippen molar-refractivity contribution >= 4 is 22.9 Å². The summed E-state index contributed by atoms with van der Waals surface area (Å²) in [5.41, 5.74) is 1.07. The molecule has 0 atom stereocenters. The molecule has 0 saturated carbocycles. The highest BCUT2D eigenvalue weighted by molar-refractivity contribution is 7.11. The van der Waals surface area contributed by atoms with E-state index >= 15 is 0 Å². The molecule has 1 aromatic heterocycles. The number of carbonyl (C=O) groups excluding carboxylic acids is 1. The van der Waals surface area contributed by atoms with Crippen molar-refractivity contribution in [1.82, 2.24) is 4.98 Å². The number of rotatable bonds is 6. The van der Waals surface area contributed by atoms with Crippen molar-refractivity contribution in [3.8, 4) is 22.4 Å². The molecule has 2 aromatic carbocycles. The first kappa shape index (κ1) is 16.8. The molecule has 3 rings (SSSR count). The maximum Gasteiger partial charge on any atom is 0.278 e. The van der Waals surface area contributed by atoms with Crippen LogP contribution in [0.1, 0.15) is 10.4 Å². The van der Waals surface area contributed by atoms with E-state index in [4.69, 9.17) is 14.2 Å². The van der Waals surface area contributed by atoms with Crippen LogP contribution in [0.25, 0.3) is 0 Å². The quantitative estimate of drug-likeness (QED) is 0.717. The fourth-order valence-corrected chi connectivity index (χ4v) is 2.64. The largest absolute Gasteiger partial charge is 0.497 e. The van der Waals surface area contributed by atoms with Gasteiger partial charge in [-0.1, -0.05) is 11.3 Å². The van der Waals surface area contributed by atoms with Crippen molar-refractivity contribution in [2.45, 2.75) is 0 Å². The van der Waals surface area contributed by atoms with Crippen LogP contribution in [0, 0.1) is 0 Å². The van der Waals surface area contributed by atoms with E-state index in [-0.39, 0.29) is 5.91 Å². The summed E-state index contributed by atoms with van der Waals surface area (Å²) in [7, 11) is 3.11. The number of nitrogens with one attached hydrogen (secondary N) is 1. The van der Waals surface area contributed by atoms with Crippen molar-refractivity contribution in [3.63, 3.8) is 0 Å². The lowest BCUT2D eigenvalue weighted by molar-refractivity contribution is 0.102. The first-order valence-electron chi connectivity index (χ1n) is 7.40. The highest BCUT2D eigenvalue weighted by Crippen LogP contribution is 2.29. The molecule has 0 fully saturated rings. The van der Waals surface area contributed by atoms with Crippen LogP contribution in [0.15, 0.2) is 54.0 Å². The van der Waals surface area contributed by atoms with Crippen molar-refractivity contribution in [2.75, 3.05) is 19.5 Å². The summed E-state index contributed by atoms with van der Waals surface area (Å²) in [6, 6.07) is 12.0. The Labute approximate surface area is 149 Å². The minimum Gasteiger partial charge on any atom is -0.497 e. The van der Waals surface area contributed by atoms with Crippen molar-refractivity contribution in [3.05, 3.63) is 59.6 Å². The molecule has 3 aromatic rings. The molecule has 128 valence electrons. The van der Waals surface area contributed by atoms with E-state index in [2.05, 4.69) is 10.3 Å². The number of hydrogen-bond donors (Lipinski definition) is 1. The van der Waals surface area contributed by atoms with E-state index < -0.39 is 0 Å². The monoisotopic (exact) mass is 356 g/mol. The highest BCUT2D eigenvalue weighted by atomic mass is 32.1. The summed E-state index contributed by atoms with van der Waals surface area (Å²) >= 11 is 1.40. The summed E-state index contributed by atoms with van der Waals surface area (Å²) < 4.78 is 16.0. The lowest BCUT2D eigenvalue weighted by Crippen LogP contribution is -2.12. The third-order valence-corrected chi connectivity index (χ3v) is 4.04. The number of amides is 1. The molecule has 6 nitrogen and oxygen atoms in total.